The average molecular weight is 276 g/mol. The molecule has 1 atom stereocenters. The zero-order valence-electron chi connectivity index (χ0n) is 12.1. The van der Waals surface area contributed by atoms with Crippen LogP contribution in [0.3, 0.4) is 0 Å². The van der Waals surface area contributed by atoms with Gasteiger partial charge in [-0.15, -0.1) is 0 Å². The fourth-order valence-corrected chi connectivity index (χ4v) is 2.21. The number of hydrogen-bond donors (Lipinski definition) is 1. The van der Waals surface area contributed by atoms with Gasteiger partial charge in [-0.3, -0.25) is 4.79 Å². The highest BCUT2D eigenvalue weighted by Crippen LogP contribution is 2.21. The van der Waals surface area contributed by atoms with E-state index >= 15 is 0 Å². The predicted molar refractivity (Wildman–Crippen MR) is 78.0 cm³/mol. The Hall–Kier alpha value is -2.01. The molecule has 20 heavy (non-hydrogen) atoms. The van der Waals surface area contributed by atoms with E-state index in [0.717, 1.165) is 16.7 Å². The molecule has 1 amide bonds. The monoisotopic (exact) mass is 276 g/mol. The minimum atomic E-state index is -0.0251. The van der Waals surface area contributed by atoms with E-state index in [1.165, 1.54) is 0 Å². The first kappa shape index (κ1) is 14.4. The first-order chi connectivity index (χ1) is 9.63. The summed E-state index contributed by atoms with van der Waals surface area (Å²) in [4.78, 5) is 12.0. The van der Waals surface area contributed by atoms with Crippen LogP contribution in [0.15, 0.2) is 30.5 Å². The van der Waals surface area contributed by atoms with Gasteiger partial charge in [0.25, 0.3) is 0 Å². The van der Waals surface area contributed by atoms with Crippen LogP contribution >= 0.6 is 0 Å². The highest BCUT2D eigenvalue weighted by molar-refractivity contribution is 5.84. The molecular formula is C15H20N2O3. The molecule has 1 aromatic carbocycles. The van der Waals surface area contributed by atoms with E-state index in [4.69, 9.17) is 9.47 Å². The van der Waals surface area contributed by atoms with Gasteiger partial charge >= 0.3 is 0 Å². The second-order valence-corrected chi connectivity index (χ2v) is 4.79. The Morgan fingerprint density at radius 1 is 1.35 bits per heavy atom. The molecule has 2 aromatic rings. The van der Waals surface area contributed by atoms with Crippen LogP contribution in [0, 0.1) is 0 Å². The van der Waals surface area contributed by atoms with Gasteiger partial charge < -0.3 is 19.4 Å². The van der Waals surface area contributed by atoms with Crippen LogP contribution in [0.4, 0.5) is 0 Å². The molecule has 0 aliphatic rings. The first-order valence-corrected chi connectivity index (χ1v) is 6.55. The van der Waals surface area contributed by atoms with Crippen LogP contribution in [0.2, 0.25) is 0 Å². The summed E-state index contributed by atoms with van der Waals surface area (Å²) in [5.74, 6) is 0.788. The third-order valence-electron chi connectivity index (χ3n) is 3.12. The Labute approximate surface area is 118 Å². The predicted octanol–water partition coefficient (Wildman–Crippen LogP) is 1.80. The second kappa shape index (κ2) is 6.43. The number of ether oxygens (including phenoxy) is 2. The number of rotatable bonds is 6. The van der Waals surface area contributed by atoms with Gasteiger partial charge in [0.1, 0.15) is 12.3 Å². The summed E-state index contributed by atoms with van der Waals surface area (Å²) < 4.78 is 12.1. The Balaban J connectivity index is 2.08. The zero-order chi connectivity index (χ0) is 14.5. The molecule has 2 rings (SSSR count). The molecule has 0 radical (unpaired) electrons. The van der Waals surface area contributed by atoms with Crippen molar-refractivity contribution in [2.75, 3.05) is 20.8 Å². The molecule has 0 saturated heterocycles. The summed E-state index contributed by atoms with van der Waals surface area (Å²) in [7, 11) is 3.26. The average Bonchev–Trinajstić information content (AvgIpc) is 2.81. The number of methoxy groups -OCH3 is 2. The molecule has 1 unspecified atom stereocenters. The standard InChI is InChI=1S/C15H20N2O3/c1-11(10-19-2)16-15(18)9-17-7-6-12-8-13(20-3)4-5-14(12)17/h4-8,11H,9-10H2,1-3H3,(H,16,18). The number of amides is 1. The lowest BCUT2D eigenvalue weighted by molar-refractivity contribution is -0.122. The number of benzene rings is 1. The molecule has 108 valence electrons. The van der Waals surface area contributed by atoms with Crippen molar-refractivity contribution >= 4 is 16.8 Å². The minimum absolute atomic E-state index is 0.00872. The van der Waals surface area contributed by atoms with Crippen LogP contribution in [-0.4, -0.2) is 37.3 Å². The quantitative estimate of drug-likeness (QED) is 0.875. The highest BCUT2D eigenvalue weighted by atomic mass is 16.5. The van der Waals surface area contributed by atoms with Crippen molar-refractivity contribution in [3.63, 3.8) is 0 Å². The number of nitrogens with one attached hydrogen (secondary N) is 1. The van der Waals surface area contributed by atoms with Crippen molar-refractivity contribution < 1.29 is 14.3 Å². The van der Waals surface area contributed by atoms with Crippen molar-refractivity contribution in [3.8, 4) is 5.75 Å². The van der Waals surface area contributed by atoms with E-state index in [1.54, 1.807) is 14.2 Å². The zero-order valence-corrected chi connectivity index (χ0v) is 12.1. The van der Waals surface area contributed by atoms with Crippen LogP contribution in [0.25, 0.3) is 10.9 Å². The first-order valence-electron chi connectivity index (χ1n) is 6.55. The van der Waals surface area contributed by atoms with E-state index in [-0.39, 0.29) is 11.9 Å². The summed E-state index contributed by atoms with van der Waals surface area (Å²) in [5, 5.41) is 3.95. The summed E-state index contributed by atoms with van der Waals surface area (Å²) in [5.41, 5.74) is 1.01. The Morgan fingerprint density at radius 3 is 2.85 bits per heavy atom. The molecule has 5 heteroatoms. The molecule has 1 aromatic heterocycles. The number of carbonyl (C=O) groups excluding carboxylic acids is 1. The smallest absolute Gasteiger partial charge is 0.240 e. The van der Waals surface area contributed by atoms with Gasteiger partial charge in [0.2, 0.25) is 5.91 Å². The molecular weight excluding hydrogens is 256 g/mol. The van der Waals surface area contributed by atoms with Gasteiger partial charge in [0, 0.05) is 30.3 Å². The van der Waals surface area contributed by atoms with E-state index < -0.39 is 0 Å². The summed E-state index contributed by atoms with van der Waals surface area (Å²) in [6.45, 7) is 2.72. The van der Waals surface area contributed by atoms with Gasteiger partial charge in [-0.25, -0.2) is 0 Å². The van der Waals surface area contributed by atoms with Gasteiger partial charge in [0.05, 0.1) is 13.7 Å². The van der Waals surface area contributed by atoms with Crippen LogP contribution in [-0.2, 0) is 16.1 Å². The molecule has 1 heterocycles. The second-order valence-electron chi connectivity index (χ2n) is 4.79. The third-order valence-corrected chi connectivity index (χ3v) is 3.12. The van der Waals surface area contributed by atoms with E-state index in [0.29, 0.717) is 13.2 Å². The molecule has 0 bridgehead atoms. The fourth-order valence-electron chi connectivity index (χ4n) is 2.21. The van der Waals surface area contributed by atoms with Crippen molar-refractivity contribution in [2.24, 2.45) is 0 Å². The molecule has 0 fully saturated rings. The summed E-state index contributed by atoms with van der Waals surface area (Å²) >= 11 is 0. The Bertz CT molecular complexity index is 592. The van der Waals surface area contributed by atoms with Crippen molar-refractivity contribution in [3.05, 3.63) is 30.5 Å². The lowest BCUT2D eigenvalue weighted by atomic mass is 10.2. The maximum absolute atomic E-state index is 12.0. The van der Waals surface area contributed by atoms with Crippen molar-refractivity contribution in [2.45, 2.75) is 19.5 Å². The highest BCUT2D eigenvalue weighted by Gasteiger charge is 2.09. The molecule has 0 saturated carbocycles. The van der Waals surface area contributed by atoms with Gasteiger partial charge in [-0.05, 0) is 31.2 Å². The topological polar surface area (TPSA) is 52.5 Å². The third kappa shape index (κ3) is 3.30. The Morgan fingerprint density at radius 2 is 2.15 bits per heavy atom. The van der Waals surface area contributed by atoms with E-state index in [1.807, 2.05) is 42.0 Å². The largest absolute Gasteiger partial charge is 0.497 e. The van der Waals surface area contributed by atoms with Gasteiger partial charge in [-0.2, -0.15) is 0 Å². The number of fused-ring (bicyclic) bond motifs is 1. The normalized spacial score (nSPS) is 12.3. The lowest BCUT2D eigenvalue weighted by Gasteiger charge is -2.13. The number of hydrogen-bond acceptors (Lipinski definition) is 3. The molecule has 1 N–H and O–H groups in total. The number of nitrogens with zero attached hydrogens (tertiary/aromatic N) is 1. The number of carbonyl (C=O) groups is 1. The van der Waals surface area contributed by atoms with Crippen LogP contribution in [0.1, 0.15) is 6.92 Å². The summed E-state index contributed by atoms with van der Waals surface area (Å²) in [6.07, 6.45) is 1.91. The van der Waals surface area contributed by atoms with Crippen molar-refractivity contribution in [1.29, 1.82) is 0 Å². The molecule has 5 nitrogen and oxygen atoms in total. The maximum atomic E-state index is 12.0. The van der Waals surface area contributed by atoms with E-state index in [9.17, 15) is 4.79 Å². The maximum Gasteiger partial charge on any atom is 0.240 e. The SMILES string of the molecule is COCC(C)NC(=O)Cn1ccc2cc(OC)ccc21. The van der Waals surface area contributed by atoms with Gasteiger partial charge in [0.15, 0.2) is 0 Å². The molecule has 0 spiro atoms. The van der Waals surface area contributed by atoms with Crippen LogP contribution in [0.5, 0.6) is 5.75 Å². The molecule has 0 aliphatic heterocycles. The lowest BCUT2D eigenvalue weighted by Crippen LogP contribution is -2.37. The minimum Gasteiger partial charge on any atom is -0.497 e. The Kier molecular flexibility index (Phi) is 4.63. The van der Waals surface area contributed by atoms with E-state index in [2.05, 4.69) is 5.32 Å². The van der Waals surface area contributed by atoms with Gasteiger partial charge in [-0.1, -0.05) is 0 Å². The fraction of sp³-hybridized carbons (Fsp3) is 0.400. The summed E-state index contributed by atoms with van der Waals surface area (Å²) in [6, 6.07) is 7.79. The molecule has 0 aliphatic carbocycles. The number of aromatic nitrogens is 1. The van der Waals surface area contributed by atoms with Crippen LogP contribution < -0.4 is 10.1 Å². The van der Waals surface area contributed by atoms with Crippen molar-refractivity contribution in [1.82, 2.24) is 9.88 Å².